The number of benzene rings is 2. The Bertz CT molecular complexity index is 906. The van der Waals surface area contributed by atoms with Crippen molar-refractivity contribution >= 4 is 11.6 Å². The van der Waals surface area contributed by atoms with E-state index in [1.54, 1.807) is 6.07 Å². The molecule has 0 unspecified atom stereocenters. The lowest BCUT2D eigenvalue weighted by Gasteiger charge is -2.14. The molecule has 3 rings (SSSR count). The third kappa shape index (κ3) is 4.71. The molecule has 1 aromatic heterocycles. The van der Waals surface area contributed by atoms with Crippen LogP contribution >= 0.6 is 0 Å². The predicted octanol–water partition coefficient (Wildman–Crippen LogP) is 4.91. The van der Waals surface area contributed by atoms with Gasteiger partial charge in [-0.25, -0.2) is 0 Å². The highest BCUT2D eigenvalue weighted by Gasteiger charge is 2.16. The van der Waals surface area contributed by atoms with Crippen molar-refractivity contribution in [2.75, 3.05) is 18.5 Å². The Morgan fingerprint density at radius 2 is 1.71 bits per heavy atom. The topological polar surface area (TPSA) is 76.2 Å². The van der Waals surface area contributed by atoms with Crippen molar-refractivity contribution in [2.24, 2.45) is 0 Å². The van der Waals surface area contributed by atoms with Gasteiger partial charge in [-0.05, 0) is 25.0 Å². The lowest BCUT2D eigenvalue weighted by Crippen LogP contribution is -2.12. The fraction of sp³-hybridized carbons (Fsp3) is 0.273. The molecule has 0 fully saturated rings. The Balaban J connectivity index is 1.80. The largest absolute Gasteiger partial charge is 0.490 e. The highest BCUT2D eigenvalue weighted by atomic mass is 16.5. The zero-order valence-corrected chi connectivity index (χ0v) is 16.2. The van der Waals surface area contributed by atoms with Crippen molar-refractivity contribution in [2.45, 2.75) is 26.7 Å². The van der Waals surface area contributed by atoms with E-state index in [2.05, 4.69) is 22.4 Å². The third-order valence-corrected chi connectivity index (χ3v) is 4.07. The first-order valence-corrected chi connectivity index (χ1v) is 9.52. The molecule has 1 heterocycles. The zero-order valence-electron chi connectivity index (χ0n) is 16.2. The van der Waals surface area contributed by atoms with Gasteiger partial charge in [-0.2, -0.15) is 5.10 Å². The van der Waals surface area contributed by atoms with E-state index in [0.717, 1.165) is 18.4 Å². The summed E-state index contributed by atoms with van der Waals surface area (Å²) >= 11 is 0. The molecular weight excluding hydrogens is 354 g/mol. The number of amides is 1. The smallest absolute Gasteiger partial charge is 0.259 e. The molecule has 1 amide bonds. The second kappa shape index (κ2) is 9.60. The molecule has 0 bridgehead atoms. The number of anilines is 1. The number of hydrogen-bond donors (Lipinski definition) is 2. The normalized spacial score (nSPS) is 10.5. The lowest BCUT2D eigenvalue weighted by atomic mass is 10.1. The van der Waals surface area contributed by atoms with Crippen LogP contribution in [0.4, 0.5) is 5.69 Å². The number of nitrogens with one attached hydrogen (secondary N) is 2. The minimum absolute atomic E-state index is 0.240. The molecule has 0 aliphatic heterocycles. The number of hydrogen-bond acceptors (Lipinski definition) is 4. The maximum atomic E-state index is 12.8. The number of rotatable bonds is 9. The Hall–Kier alpha value is -3.28. The second-order valence-corrected chi connectivity index (χ2v) is 6.34. The van der Waals surface area contributed by atoms with Gasteiger partial charge in [-0.1, -0.05) is 44.2 Å². The average molecular weight is 379 g/mol. The van der Waals surface area contributed by atoms with Crippen molar-refractivity contribution in [1.29, 1.82) is 0 Å². The molecule has 0 spiro atoms. The predicted molar refractivity (Wildman–Crippen MR) is 110 cm³/mol. The van der Waals surface area contributed by atoms with Crippen LogP contribution in [0.25, 0.3) is 11.3 Å². The Labute approximate surface area is 164 Å². The average Bonchev–Trinajstić information content (AvgIpc) is 3.22. The number of carbonyl (C=O) groups excluding carboxylic acids is 1. The molecule has 28 heavy (non-hydrogen) atoms. The van der Waals surface area contributed by atoms with Gasteiger partial charge in [0.25, 0.3) is 5.91 Å². The van der Waals surface area contributed by atoms with Crippen LogP contribution in [0.15, 0.2) is 54.7 Å². The Kier molecular flexibility index (Phi) is 6.68. The fourth-order valence-corrected chi connectivity index (χ4v) is 2.72. The van der Waals surface area contributed by atoms with E-state index in [0.29, 0.717) is 41.7 Å². The van der Waals surface area contributed by atoms with Crippen molar-refractivity contribution in [3.05, 3.63) is 60.3 Å². The number of carbonyl (C=O) groups is 1. The molecule has 0 atom stereocenters. The maximum absolute atomic E-state index is 12.8. The minimum Gasteiger partial charge on any atom is -0.490 e. The highest BCUT2D eigenvalue weighted by Crippen LogP contribution is 2.31. The van der Waals surface area contributed by atoms with Crippen molar-refractivity contribution in [1.82, 2.24) is 10.2 Å². The van der Waals surface area contributed by atoms with E-state index < -0.39 is 0 Å². The molecule has 0 saturated carbocycles. The van der Waals surface area contributed by atoms with Crippen molar-refractivity contribution in [3.63, 3.8) is 0 Å². The van der Waals surface area contributed by atoms with Crippen molar-refractivity contribution < 1.29 is 14.3 Å². The van der Waals surface area contributed by atoms with E-state index in [4.69, 9.17) is 9.47 Å². The summed E-state index contributed by atoms with van der Waals surface area (Å²) in [6.45, 7) is 5.29. The Morgan fingerprint density at radius 1 is 1.00 bits per heavy atom. The van der Waals surface area contributed by atoms with Gasteiger partial charge in [-0.15, -0.1) is 0 Å². The first-order valence-electron chi connectivity index (χ1n) is 9.52. The van der Waals surface area contributed by atoms with E-state index in [1.807, 2.05) is 49.4 Å². The molecular formula is C22H25N3O3. The fourth-order valence-electron chi connectivity index (χ4n) is 2.72. The number of H-pyrrole nitrogens is 1. The molecule has 3 aromatic rings. The molecule has 0 aliphatic carbocycles. The van der Waals surface area contributed by atoms with Gasteiger partial charge in [0.1, 0.15) is 0 Å². The first kappa shape index (κ1) is 19.5. The number of nitrogens with zero attached hydrogens (tertiary/aromatic N) is 1. The van der Waals surface area contributed by atoms with Crippen LogP contribution in [0.1, 0.15) is 37.0 Å². The zero-order chi connectivity index (χ0) is 19.8. The molecule has 6 heteroatoms. The number of aromatic amines is 1. The number of aromatic nitrogens is 2. The Morgan fingerprint density at radius 3 is 2.43 bits per heavy atom. The van der Waals surface area contributed by atoms with Crippen LogP contribution in [0.5, 0.6) is 11.5 Å². The molecule has 2 aromatic carbocycles. The molecule has 146 valence electrons. The molecule has 0 saturated heterocycles. The summed E-state index contributed by atoms with van der Waals surface area (Å²) in [5.41, 5.74) is 2.71. The maximum Gasteiger partial charge on any atom is 0.259 e. The van der Waals surface area contributed by atoms with E-state index >= 15 is 0 Å². The molecule has 2 N–H and O–H groups in total. The van der Waals surface area contributed by atoms with Crippen LogP contribution in [0, 0.1) is 0 Å². The van der Waals surface area contributed by atoms with Gasteiger partial charge in [0, 0.05) is 17.3 Å². The summed E-state index contributed by atoms with van der Waals surface area (Å²) in [5, 5.41) is 9.86. The van der Waals surface area contributed by atoms with Gasteiger partial charge in [0.15, 0.2) is 11.5 Å². The van der Waals surface area contributed by atoms with E-state index in [9.17, 15) is 4.79 Å². The summed E-state index contributed by atoms with van der Waals surface area (Å²) in [6.07, 6.45) is 3.33. The quantitative estimate of drug-likeness (QED) is 0.554. The van der Waals surface area contributed by atoms with E-state index in [-0.39, 0.29) is 5.91 Å². The molecule has 0 aliphatic rings. The third-order valence-electron chi connectivity index (χ3n) is 4.07. The van der Waals surface area contributed by atoms with Gasteiger partial charge in [-0.3, -0.25) is 9.89 Å². The highest BCUT2D eigenvalue weighted by molar-refractivity contribution is 6.08. The lowest BCUT2D eigenvalue weighted by molar-refractivity contribution is 0.102. The van der Waals surface area contributed by atoms with Crippen LogP contribution in [-0.4, -0.2) is 29.3 Å². The summed E-state index contributed by atoms with van der Waals surface area (Å²) in [7, 11) is 0. The summed E-state index contributed by atoms with van der Waals surface area (Å²) in [5.74, 6) is 1.07. The molecule has 6 nitrogen and oxygen atoms in total. The van der Waals surface area contributed by atoms with Crippen LogP contribution in [0.2, 0.25) is 0 Å². The van der Waals surface area contributed by atoms with Crippen molar-refractivity contribution in [3.8, 4) is 22.8 Å². The van der Waals surface area contributed by atoms with E-state index in [1.165, 1.54) is 6.20 Å². The number of ether oxygens (including phenoxy) is 2. The molecule has 0 radical (unpaired) electrons. The monoisotopic (exact) mass is 379 g/mol. The van der Waals surface area contributed by atoms with Gasteiger partial charge in [0.2, 0.25) is 0 Å². The van der Waals surface area contributed by atoms with Crippen LogP contribution in [-0.2, 0) is 0 Å². The second-order valence-electron chi connectivity index (χ2n) is 6.34. The van der Waals surface area contributed by atoms with Crippen LogP contribution in [0.3, 0.4) is 0 Å². The SMILES string of the molecule is CCCOc1ccc(NC(=O)c2cn[nH]c2-c2ccccc2)cc1OCCC. The summed E-state index contributed by atoms with van der Waals surface area (Å²) in [4.78, 5) is 12.8. The van der Waals surface area contributed by atoms with Gasteiger partial charge in [0.05, 0.1) is 30.7 Å². The van der Waals surface area contributed by atoms with Crippen LogP contribution < -0.4 is 14.8 Å². The summed E-state index contributed by atoms with van der Waals surface area (Å²) < 4.78 is 11.5. The van der Waals surface area contributed by atoms with Gasteiger partial charge >= 0.3 is 0 Å². The minimum atomic E-state index is -0.240. The van der Waals surface area contributed by atoms with Gasteiger partial charge < -0.3 is 14.8 Å². The summed E-state index contributed by atoms with van der Waals surface area (Å²) in [6, 6.07) is 15.1. The first-order chi connectivity index (χ1) is 13.7. The standard InChI is InChI=1S/C22H25N3O3/c1-3-12-27-19-11-10-17(14-20(19)28-13-4-2)24-22(26)18-15-23-25-21(18)16-8-6-5-7-9-16/h5-11,14-15H,3-4,12-13H2,1-2H3,(H,23,25)(H,24,26).